The first-order valence-electron chi connectivity index (χ1n) is 7.76. The van der Waals surface area contributed by atoms with Gasteiger partial charge in [-0.15, -0.1) is 0 Å². The van der Waals surface area contributed by atoms with Crippen LogP contribution in [0, 0.1) is 0 Å². The first-order chi connectivity index (χ1) is 10.8. The fraction of sp³-hybridized carbons (Fsp3) is 0.562. The molecule has 6 heteroatoms. The smallest absolute Gasteiger partial charge is 0.221 e. The van der Waals surface area contributed by atoms with Gasteiger partial charge in [-0.2, -0.15) is 0 Å². The van der Waals surface area contributed by atoms with E-state index >= 15 is 0 Å². The molecule has 5 nitrogen and oxygen atoms in total. The van der Waals surface area contributed by atoms with Gasteiger partial charge in [0, 0.05) is 50.7 Å². The lowest BCUT2D eigenvalue weighted by Crippen LogP contribution is -2.41. The minimum Gasteiger partial charge on any atom is -0.379 e. The molecule has 0 unspecified atom stereocenters. The molecule has 0 radical (unpaired) electrons. The van der Waals surface area contributed by atoms with Crippen LogP contribution in [-0.4, -0.2) is 56.7 Å². The van der Waals surface area contributed by atoms with Gasteiger partial charge < -0.3 is 15.4 Å². The minimum atomic E-state index is 0.0833. The topological polar surface area (TPSA) is 53.6 Å². The van der Waals surface area contributed by atoms with Crippen molar-refractivity contribution in [2.45, 2.75) is 13.0 Å². The number of rotatable bonds is 8. The van der Waals surface area contributed by atoms with Gasteiger partial charge in [0.25, 0.3) is 0 Å². The Bertz CT molecular complexity index is 464. The summed E-state index contributed by atoms with van der Waals surface area (Å²) in [5.41, 5.74) is 1.05. The number of carbonyl (C=O) groups is 1. The van der Waals surface area contributed by atoms with Crippen LogP contribution in [0.1, 0.15) is 12.0 Å². The molecule has 1 aromatic rings. The molecule has 0 aliphatic carbocycles. The maximum atomic E-state index is 11.7. The van der Waals surface area contributed by atoms with Crippen molar-refractivity contribution < 1.29 is 9.53 Å². The Morgan fingerprint density at radius 3 is 2.77 bits per heavy atom. The fourth-order valence-electron chi connectivity index (χ4n) is 2.33. The average Bonchev–Trinajstić information content (AvgIpc) is 2.54. The zero-order valence-corrected chi connectivity index (χ0v) is 13.6. The van der Waals surface area contributed by atoms with E-state index in [9.17, 15) is 4.79 Å². The van der Waals surface area contributed by atoms with Gasteiger partial charge in [-0.25, -0.2) is 0 Å². The lowest BCUT2D eigenvalue weighted by molar-refractivity contribution is -0.121. The molecule has 2 N–H and O–H groups in total. The van der Waals surface area contributed by atoms with Crippen molar-refractivity contribution >= 4 is 17.5 Å². The van der Waals surface area contributed by atoms with E-state index in [1.807, 2.05) is 24.3 Å². The molecular weight excluding hydrogens is 302 g/mol. The second-order valence-electron chi connectivity index (χ2n) is 5.32. The van der Waals surface area contributed by atoms with E-state index in [0.717, 1.165) is 43.4 Å². The molecule has 1 heterocycles. The molecule has 1 fully saturated rings. The monoisotopic (exact) mass is 325 g/mol. The summed E-state index contributed by atoms with van der Waals surface area (Å²) in [4.78, 5) is 14.0. The molecule has 1 saturated heterocycles. The van der Waals surface area contributed by atoms with Crippen LogP contribution in [0.3, 0.4) is 0 Å². The molecule has 22 heavy (non-hydrogen) atoms. The molecule has 122 valence electrons. The molecule has 0 saturated carbocycles. The summed E-state index contributed by atoms with van der Waals surface area (Å²) < 4.78 is 5.29. The first kappa shape index (κ1) is 17.2. The highest BCUT2D eigenvalue weighted by molar-refractivity contribution is 6.31. The van der Waals surface area contributed by atoms with Crippen LogP contribution in [0.15, 0.2) is 24.3 Å². The van der Waals surface area contributed by atoms with E-state index < -0.39 is 0 Å². The summed E-state index contributed by atoms with van der Waals surface area (Å²) in [6.45, 7) is 6.41. The van der Waals surface area contributed by atoms with Crippen molar-refractivity contribution in [3.63, 3.8) is 0 Å². The van der Waals surface area contributed by atoms with Gasteiger partial charge in [-0.05, 0) is 11.6 Å². The number of morpholine rings is 1. The Labute approximate surface area is 137 Å². The van der Waals surface area contributed by atoms with Crippen molar-refractivity contribution in [2.75, 3.05) is 45.9 Å². The van der Waals surface area contributed by atoms with Crippen molar-refractivity contribution in [1.82, 2.24) is 15.5 Å². The van der Waals surface area contributed by atoms with Crippen molar-refractivity contribution in [3.05, 3.63) is 34.9 Å². The van der Waals surface area contributed by atoms with Crippen LogP contribution in [0.4, 0.5) is 0 Å². The number of hydrogen-bond acceptors (Lipinski definition) is 4. The number of amides is 1. The number of halogens is 1. The van der Waals surface area contributed by atoms with Gasteiger partial charge in [-0.1, -0.05) is 29.8 Å². The zero-order chi connectivity index (χ0) is 15.6. The minimum absolute atomic E-state index is 0.0833. The lowest BCUT2D eigenvalue weighted by atomic mass is 10.2. The van der Waals surface area contributed by atoms with Crippen LogP contribution in [-0.2, 0) is 16.1 Å². The van der Waals surface area contributed by atoms with Gasteiger partial charge >= 0.3 is 0 Å². The van der Waals surface area contributed by atoms with Gasteiger partial charge in [0.05, 0.1) is 13.2 Å². The number of carbonyl (C=O) groups excluding carboxylic acids is 1. The molecule has 0 aromatic heterocycles. The van der Waals surface area contributed by atoms with Crippen LogP contribution in [0.5, 0.6) is 0 Å². The van der Waals surface area contributed by atoms with Crippen LogP contribution >= 0.6 is 11.6 Å². The Hall–Kier alpha value is -1.14. The third kappa shape index (κ3) is 6.32. The summed E-state index contributed by atoms with van der Waals surface area (Å²) in [5.74, 6) is 0.0833. The van der Waals surface area contributed by atoms with E-state index in [-0.39, 0.29) is 5.91 Å². The third-order valence-electron chi connectivity index (χ3n) is 3.66. The summed E-state index contributed by atoms with van der Waals surface area (Å²) in [6.07, 6.45) is 0.480. The maximum absolute atomic E-state index is 11.7. The second kappa shape index (κ2) is 9.79. The van der Waals surface area contributed by atoms with Crippen LogP contribution in [0.25, 0.3) is 0 Å². The standard InChI is InChI=1S/C16H24ClN3O2/c17-15-4-2-1-3-14(15)13-18-6-5-16(21)19-7-8-20-9-11-22-12-10-20/h1-4,18H,5-13H2,(H,19,21). The van der Waals surface area contributed by atoms with Crippen LogP contribution < -0.4 is 10.6 Å². The summed E-state index contributed by atoms with van der Waals surface area (Å²) >= 11 is 6.08. The molecule has 1 amide bonds. The molecule has 1 aliphatic rings. The van der Waals surface area contributed by atoms with Crippen molar-refractivity contribution in [3.8, 4) is 0 Å². The van der Waals surface area contributed by atoms with E-state index in [2.05, 4.69) is 15.5 Å². The van der Waals surface area contributed by atoms with Crippen LogP contribution in [0.2, 0.25) is 5.02 Å². The fourth-order valence-corrected chi connectivity index (χ4v) is 2.54. The highest BCUT2D eigenvalue weighted by atomic mass is 35.5. The summed E-state index contributed by atoms with van der Waals surface area (Å²) in [6, 6.07) is 7.73. The molecule has 0 bridgehead atoms. The van der Waals surface area contributed by atoms with Crippen molar-refractivity contribution in [1.29, 1.82) is 0 Å². The SMILES string of the molecule is O=C(CCNCc1ccccc1Cl)NCCN1CCOCC1. The predicted molar refractivity (Wildman–Crippen MR) is 88.0 cm³/mol. The Balaban J connectivity index is 1.51. The molecule has 0 spiro atoms. The number of ether oxygens (including phenoxy) is 1. The highest BCUT2D eigenvalue weighted by Crippen LogP contribution is 2.14. The number of nitrogens with zero attached hydrogens (tertiary/aromatic N) is 1. The lowest BCUT2D eigenvalue weighted by Gasteiger charge is -2.26. The second-order valence-corrected chi connectivity index (χ2v) is 5.73. The first-order valence-corrected chi connectivity index (χ1v) is 8.14. The molecule has 1 aromatic carbocycles. The van der Waals surface area contributed by atoms with E-state index in [0.29, 0.717) is 26.1 Å². The van der Waals surface area contributed by atoms with E-state index in [4.69, 9.17) is 16.3 Å². The summed E-state index contributed by atoms with van der Waals surface area (Å²) in [5, 5.41) is 6.95. The number of benzene rings is 1. The average molecular weight is 326 g/mol. The number of hydrogen-bond donors (Lipinski definition) is 2. The largest absolute Gasteiger partial charge is 0.379 e. The van der Waals surface area contributed by atoms with Gasteiger partial charge in [0.1, 0.15) is 0 Å². The zero-order valence-electron chi connectivity index (χ0n) is 12.8. The predicted octanol–water partition coefficient (Wildman–Crippen LogP) is 1.27. The highest BCUT2D eigenvalue weighted by Gasteiger charge is 2.10. The summed E-state index contributed by atoms with van der Waals surface area (Å²) in [7, 11) is 0. The van der Waals surface area contributed by atoms with Gasteiger partial charge in [0.15, 0.2) is 0 Å². The van der Waals surface area contributed by atoms with E-state index in [1.54, 1.807) is 0 Å². The van der Waals surface area contributed by atoms with E-state index in [1.165, 1.54) is 0 Å². The normalized spacial score (nSPS) is 15.7. The Morgan fingerprint density at radius 1 is 1.23 bits per heavy atom. The molecule has 1 aliphatic heterocycles. The molecule has 2 rings (SSSR count). The number of nitrogens with one attached hydrogen (secondary N) is 2. The van der Waals surface area contributed by atoms with Gasteiger partial charge in [-0.3, -0.25) is 9.69 Å². The maximum Gasteiger partial charge on any atom is 0.221 e. The van der Waals surface area contributed by atoms with Gasteiger partial charge in [0.2, 0.25) is 5.91 Å². The Morgan fingerprint density at radius 2 is 2.00 bits per heavy atom. The molecular formula is C16H24ClN3O2. The Kier molecular flexibility index (Phi) is 7.66. The third-order valence-corrected chi connectivity index (χ3v) is 4.02. The quantitative estimate of drug-likeness (QED) is 0.707. The van der Waals surface area contributed by atoms with Crippen molar-refractivity contribution in [2.24, 2.45) is 0 Å². The molecule has 0 atom stereocenters.